The van der Waals surface area contributed by atoms with Gasteiger partial charge >= 0.3 is 12.1 Å². The smallest absolute Gasteiger partial charge is 0.373 e. The van der Waals surface area contributed by atoms with Crippen LogP contribution in [0.2, 0.25) is 0 Å². The molecule has 0 aliphatic rings. The molecule has 2 atom stereocenters. The summed E-state index contributed by atoms with van der Waals surface area (Å²) < 4.78 is 4.53. The highest BCUT2D eigenvalue weighted by molar-refractivity contribution is 8.76. The zero-order valence-corrected chi connectivity index (χ0v) is 12.2. The molecule has 0 unspecified atom stereocenters. The van der Waals surface area contributed by atoms with Crippen molar-refractivity contribution in [1.82, 2.24) is 0 Å². The summed E-state index contributed by atoms with van der Waals surface area (Å²) in [6.45, 7) is 2.00. The summed E-state index contributed by atoms with van der Waals surface area (Å²) in [5, 5.41) is 0. The number of methoxy groups -OCH3 is 1. The van der Waals surface area contributed by atoms with Crippen LogP contribution in [0, 0.1) is 0 Å². The van der Waals surface area contributed by atoms with Gasteiger partial charge in [-0.05, 0) is 19.8 Å². The van der Waals surface area contributed by atoms with E-state index in [0.717, 1.165) is 17.9 Å². The molecule has 4 N–H and O–H groups in total. The van der Waals surface area contributed by atoms with Crippen molar-refractivity contribution in [3.8, 4) is 0 Å². The third-order valence-electron chi connectivity index (χ3n) is 1.76. The van der Waals surface area contributed by atoms with E-state index in [0.29, 0.717) is 6.42 Å². The summed E-state index contributed by atoms with van der Waals surface area (Å²) in [7, 11) is 4.85. The van der Waals surface area contributed by atoms with Crippen molar-refractivity contribution in [2.24, 2.45) is 11.5 Å². The van der Waals surface area contributed by atoms with Crippen molar-refractivity contribution < 1.29 is 19.1 Å². The molecule has 0 heterocycles. The van der Waals surface area contributed by atoms with Gasteiger partial charge in [-0.25, -0.2) is 0 Å². The molecule has 0 fully saturated rings. The molecular formula is C10H20N2O4S2. The van der Waals surface area contributed by atoms with E-state index >= 15 is 0 Å². The molecule has 0 spiro atoms. The first-order valence-corrected chi connectivity index (χ1v) is 7.81. The maximum absolute atomic E-state index is 10.9. The molecule has 8 heteroatoms. The lowest BCUT2D eigenvalue weighted by atomic mass is 10.2. The zero-order chi connectivity index (χ0) is 14.4. The van der Waals surface area contributed by atoms with Crippen molar-refractivity contribution in [3.63, 3.8) is 0 Å². The molecule has 0 aliphatic carbocycles. The van der Waals surface area contributed by atoms with Gasteiger partial charge in [0.15, 0.2) is 0 Å². The fourth-order valence-electron chi connectivity index (χ4n) is 0.796. The van der Waals surface area contributed by atoms with E-state index in [1.807, 2.05) is 6.92 Å². The number of hydrogen-bond acceptors (Lipinski definition) is 8. The number of carbonyl (C=O) groups is 1. The van der Waals surface area contributed by atoms with Crippen molar-refractivity contribution in [3.05, 3.63) is 0 Å². The molecule has 0 saturated carbocycles. The van der Waals surface area contributed by atoms with Gasteiger partial charge in [0.1, 0.15) is 6.04 Å². The highest BCUT2D eigenvalue weighted by atomic mass is 33.1. The molecule has 0 amide bonds. The minimum atomic E-state index is -0.489. The number of nitrogens with two attached hydrogens (primary N) is 2. The monoisotopic (exact) mass is 296 g/mol. The van der Waals surface area contributed by atoms with Crippen LogP contribution in [0.5, 0.6) is 0 Å². The Morgan fingerprint density at radius 2 is 1.67 bits per heavy atom. The SMILES string of the molecule is COC(=O)[C@@H](N)CCSSCC[C@@H](C)N.O=C=O. The van der Waals surface area contributed by atoms with E-state index in [1.165, 1.54) is 7.11 Å². The van der Waals surface area contributed by atoms with Gasteiger partial charge in [-0.2, -0.15) is 9.59 Å². The van der Waals surface area contributed by atoms with E-state index in [1.54, 1.807) is 21.6 Å². The summed E-state index contributed by atoms with van der Waals surface area (Å²) in [6, 6.07) is -0.230. The van der Waals surface area contributed by atoms with Crippen LogP contribution >= 0.6 is 21.6 Å². The van der Waals surface area contributed by atoms with Crippen molar-refractivity contribution >= 4 is 33.7 Å². The minimum Gasteiger partial charge on any atom is -0.468 e. The summed E-state index contributed by atoms with van der Waals surface area (Å²) in [4.78, 5) is 27.2. The van der Waals surface area contributed by atoms with Crippen LogP contribution in [0.3, 0.4) is 0 Å². The number of esters is 1. The van der Waals surface area contributed by atoms with Gasteiger partial charge in [0.25, 0.3) is 0 Å². The van der Waals surface area contributed by atoms with Crippen LogP contribution in [0.15, 0.2) is 0 Å². The Kier molecular flexibility index (Phi) is 16.0. The number of rotatable bonds is 8. The van der Waals surface area contributed by atoms with E-state index in [-0.39, 0.29) is 18.2 Å². The van der Waals surface area contributed by atoms with Gasteiger partial charge < -0.3 is 16.2 Å². The number of carbonyl (C=O) groups excluding carboxylic acids is 3. The van der Waals surface area contributed by atoms with Gasteiger partial charge in [-0.15, -0.1) is 0 Å². The largest absolute Gasteiger partial charge is 0.468 e. The first-order chi connectivity index (χ1) is 8.49. The van der Waals surface area contributed by atoms with E-state index < -0.39 is 6.04 Å². The fourth-order valence-corrected chi connectivity index (χ4v) is 3.13. The molecule has 0 saturated heterocycles. The molecule has 0 radical (unpaired) electrons. The second-order valence-corrected chi connectivity index (χ2v) is 6.11. The molecule has 0 rings (SSSR count). The lowest BCUT2D eigenvalue weighted by Gasteiger charge is -2.08. The minimum absolute atomic E-state index is 0.250. The molecule has 0 aromatic carbocycles. The standard InChI is InChI=1S/C9H20N2O2S2.CO2/c1-7(10)3-5-14-15-6-4-8(11)9(12)13-2;2-1-3/h7-8H,3-6,10-11H2,1-2H3;/t7-,8+;/m1./s1. The third kappa shape index (κ3) is 15.5. The maximum Gasteiger partial charge on any atom is 0.373 e. The van der Waals surface area contributed by atoms with Gasteiger partial charge in [-0.3, -0.25) is 4.79 Å². The van der Waals surface area contributed by atoms with E-state index in [9.17, 15) is 4.79 Å². The summed E-state index contributed by atoms with van der Waals surface area (Å²) in [5.41, 5.74) is 11.2. The van der Waals surface area contributed by atoms with Crippen molar-refractivity contribution in [1.29, 1.82) is 0 Å². The van der Waals surface area contributed by atoms with Crippen LogP contribution in [0.1, 0.15) is 19.8 Å². The lowest BCUT2D eigenvalue weighted by molar-refractivity contribution is -0.191. The van der Waals surface area contributed by atoms with E-state index in [4.69, 9.17) is 21.1 Å². The van der Waals surface area contributed by atoms with Gasteiger partial charge in [-0.1, -0.05) is 21.6 Å². The van der Waals surface area contributed by atoms with Crippen LogP contribution in [-0.4, -0.2) is 42.8 Å². The quantitative estimate of drug-likeness (QED) is 0.376. The summed E-state index contributed by atoms with van der Waals surface area (Å²) in [5.74, 6) is 1.56. The van der Waals surface area contributed by atoms with Crippen molar-refractivity contribution in [2.45, 2.75) is 31.8 Å². The second kappa shape index (κ2) is 14.5. The molecule has 0 bridgehead atoms. The Bertz CT molecular complexity index is 246. The summed E-state index contributed by atoms with van der Waals surface area (Å²) in [6.07, 6.45) is 1.92. The maximum atomic E-state index is 10.9. The summed E-state index contributed by atoms with van der Waals surface area (Å²) >= 11 is 0. The molecule has 0 aromatic rings. The van der Waals surface area contributed by atoms with Crippen molar-refractivity contribution in [2.75, 3.05) is 18.6 Å². The third-order valence-corrected chi connectivity index (χ3v) is 4.23. The molecule has 18 heavy (non-hydrogen) atoms. The predicted molar refractivity (Wildman–Crippen MR) is 72.8 cm³/mol. The second-order valence-electron chi connectivity index (χ2n) is 3.41. The lowest BCUT2D eigenvalue weighted by Crippen LogP contribution is -2.31. The number of hydrogen-bond donors (Lipinski definition) is 2. The Hall–Kier alpha value is -0.530. The highest BCUT2D eigenvalue weighted by Crippen LogP contribution is 2.23. The molecule has 0 aromatic heterocycles. The Labute approximate surface area is 115 Å². The van der Waals surface area contributed by atoms with Gasteiger partial charge in [0, 0.05) is 17.5 Å². The number of ether oxygens (including phenoxy) is 1. The normalized spacial score (nSPS) is 12.7. The van der Waals surface area contributed by atoms with Crippen LogP contribution in [0.25, 0.3) is 0 Å². The van der Waals surface area contributed by atoms with Gasteiger partial charge in [0.2, 0.25) is 0 Å². The Morgan fingerprint density at radius 1 is 1.22 bits per heavy atom. The average Bonchev–Trinajstić information content (AvgIpc) is 2.32. The van der Waals surface area contributed by atoms with Crippen LogP contribution < -0.4 is 11.5 Å². The van der Waals surface area contributed by atoms with Crippen LogP contribution in [0.4, 0.5) is 0 Å². The van der Waals surface area contributed by atoms with Gasteiger partial charge in [0.05, 0.1) is 7.11 Å². The molecule has 106 valence electrons. The average molecular weight is 296 g/mol. The fraction of sp³-hybridized carbons (Fsp3) is 0.800. The molecule has 0 aliphatic heterocycles. The first-order valence-electron chi connectivity index (χ1n) is 5.32. The zero-order valence-electron chi connectivity index (χ0n) is 10.6. The Balaban J connectivity index is 0. The predicted octanol–water partition coefficient (Wildman–Crippen LogP) is 0.412. The van der Waals surface area contributed by atoms with E-state index in [2.05, 4.69) is 4.74 Å². The first kappa shape index (κ1) is 19.8. The topological polar surface area (TPSA) is 112 Å². The van der Waals surface area contributed by atoms with Crippen LogP contribution in [-0.2, 0) is 19.1 Å². The molecule has 6 nitrogen and oxygen atoms in total. The molecular weight excluding hydrogens is 276 g/mol. The Morgan fingerprint density at radius 3 is 2.06 bits per heavy atom. The highest BCUT2D eigenvalue weighted by Gasteiger charge is 2.12.